The maximum atomic E-state index is 11.6. The Morgan fingerprint density at radius 1 is 1.38 bits per heavy atom. The number of nitrogens with one attached hydrogen (secondary N) is 1. The summed E-state index contributed by atoms with van der Waals surface area (Å²) in [6, 6.07) is 1.64. The van der Waals surface area contributed by atoms with Gasteiger partial charge in [-0.2, -0.15) is 0 Å². The van der Waals surface area contributed by atoms with Gasteiger partial charge in [0, 0.05) is 31.4 Å². The summed E-state index contributed by atoms with van der Waals surface area (Å²) >= 11 is 0. The minimum atomic E-state index is -0.0482. The summed E-state index contributed by atoms with van der Waals surface area (Å²) < 4.78 is 2.06. The molecule has 1 N–H and O–H groups in total. The molecule has 1 fully saturated rings. The Labute approximate surface area is 123 Å². The van der Waals surface area contributed by atoms with Crippen LogP contribution in [0, 0.1) is 6.92 Å². The fraction of sp³-hybridized carbons (Fsp3) is 0.533. The van der Waals surface area contributed by atoms with Crippen LogP contribution in [0.5, 0.6) is 0 Å². The molecule has 0 spiro atoms. The molecule has 2 aromatic rings. The summed E-state index contributed by atoms with van der Waals surface area (Å²) in [4.78, 5) is 25.5. The Balaban J connectivity index is 1.62. The molecule has 0 aliphatic carbocycles. The first-order valence-corrected chi connectivity index (χ1v) is 7.38. The lowest BCUT2D eigenvalue weighted by Gasteiger charge is -2.31. The summed E-state index contributed by atoms with van der Waals surface area (Å²) in [5.41, 5.74) is 0.890. The molecule has 2 aromatic heterocycles. The van der Waals surface area contributed by atoms with Gasteiger partial charge in [0.2, 0.25) is 0 Å². The monoisotopic (exact) mass is 287 g/mol. The molecule has 1 saturated heterocycles. The highest BCUT2D eigenvalue weighted by Gasteiger charge is 2.22. The summed E-state index contributed by atoms with van der Waals surface area (Å²) in [5.74, 6) is 2.19. The van der Waals surface area contributed by atoms with Gasteiger partial charge in [-0.3, -0.25) is 9.69 Å². The zero-order valence-electron chi connectivity index (χ0n) is 12.5. The standard InChI is InChI=1S/C15H21N5O/c1-11-17-13(9-15(21)18-11)12-3-6-20(7-4-12)10-14-16-5-8-19(14)2/h5,8-9,12H,3-4,6-7,10H2,1-2H3,(H,17,18,21). The van der Waals surface area contributed by atoms with Gasteiger partial charge in [-0.25, -0.2) is 9.97 Å². The maximum absolute atomic E-state index is 11.6. The van der Waals surface area contributed by atoms with Gasteiger partial charge in [0.15, 0.2) is 0 Å². The molecule has 0 unspecified atom stereocenters. The van der Waals surface area contributed by atoms with E-state index in [2.05, 4.69) is 24.4 Å². The van der Waals surface area contributed by atoms with E-state index in [-0.39, 0.29) is 5.56 Å². The number of aromatic amines is 1. The fourth-order valence-electron chi connectivity index (χ4n) is 2.95. The van der Waals surface area contributed by atoms with E-state index >= 15 is 0 Å². The zero-order valence-corrected chi connectivity index (χ0v) is 12.5. The molecule has 0 saturated carbocycles. The largest absolute Gasteiger partial charge is 0.337 e. The number of aromatic nitrogens is 4. The van der Waals surface area contributed by atoms with Crippen LogP contribution in [0.3, 0.4) is 0 Å². The van der Waals surface area contributed by atoms with Crippen LogP contribution in [0.2, 0.25) is 0 Å². The van der Waals surface area contributed by atoms with Crippen molar-refractivity contribution in [2.75, 3.05) is 13.1 Å². The third-order valence-electron chi connectivity index (χ3n) is 4.17. The average molecular weight is 287 g/mol. The smallest absolute Gasteiger partial charge is 0.251 e. The number of imidazole rings is 1. The predicted octanol–water partition coefficient (Wildman–Crippen LogP) is 1.19. The molecular formula is C15H21N5O. The second-order valence-electron chi connectivity index (χ2n) is 5.76. The Morgan fingerprint density at radius 3 is 2.76 bits per heavy atom. The zero-order chi connectivity index (χ0) is 14.8. The highest BCUT2D eigenvalue weighted by Crippen LogP contribution is 2.26. The van der Waals surface area contributed by atoms with E-state index in [1.807, 2.05) is 26.4 Å². The van der Waals surface area contributed by atoms with Crippen LogP contribution in [0.15, 0.2) is 23.3 Å². The SMILES string of the molecule is Cc1nc(C2CCN(Cc3nccn3C)CC2)cc(=O)[nH]1. The lowest BCUT2D eigenvalue weighted by molar-refractivity contribution is 0.197. The van der Waals surface area contributed by atoms with Crippen molar-refractivity contribution in [2.45, 2.75) is 32.2 Å². The molecule has 0 radical (unpaired) electrons. The Morgan fingerprint density at radius 2 is 2.14 bits per heavy atom. The lowest BCUT2D eigenvalue weighted by Crippen LogP contribution is -2.33. The number of hydrogen-bond donors (Lipinski definition) is 1. The normalized spacial score (nSPS) is 17.2. The van der Waals surface area contributed by atoms with Crippen molar-refractivity contribution in [3.63, 3.8) is 0 Å². The molecule has 1 aliphatic rings. The maximum Gasteiger partial charge on any atom is 0.251 e. The van der Waals surface area contributed by atoms with Crippen LogP contribution >= 0.6 is 0 Å². The van der Waals surface area contributed by atoms with Gasteiger partial charge >= 0.3 is 0 Å². The number of rotatable bonds is 3. The van der Waals surface area contributed by atoms with E-state index in [1.54, 1.807) is 6.07 Å². The summed E-state index contributed by atoms with van der Waals surface area (Å²) in [6.07, 6.45) is 5.90. The lowest BCUT2D eigenvalue weighted by atomic mass is 9.93. The van der Waals surface area contributed by atoms with Crippen LogP contribution in [-0.4, -0.2) is 37.5 Å². The van der Waals surface area contributed by atoms with E-state index in [0.29, 0.717) is 11.7 Å². The fourth-order valence-corrected chi connectivity index (χ4v) is 2.95. The number of H-pyrrole nitrogens is 1. The molecular weight excluding hydrogens is 266 g/mol. The van der Waals surface area contributed by atoms with Gasteiger partial charge in [-0.1, -0.05) is 0 Å². The molecule has 0 atom stereocenters. The van der Waals surface area contributed by atoms with E-state index in [0.717, 1.165) is 44.0 Å². The highest BCUT2D eigenvalue weighted by atomic mass is 16.1. The second kappa shape index (κ2) is 5.81. The van der Waals surface area contributed by atoms with Crippen molar-refractivity contribution < 1.29 is 0 Å². The molecule has 1 aliphatic heterocycles. The molecule has 0 amide bonds. The second-order valence-corrected chi connectivity index (χ2v) is 5.76. The van der Waals surface area contributed by atoms with Gasteiger partial charge < -0.3 is 9.55 Å². The number of nitrogens with zero attached hydrogens (tertiary/aromatic N) is 4. The third-order valence-corrected chi connectivity index (χ3v) is 4.17. The Kier molecular flexibility index (Phi) is 3.88. The van der Waals surface area contributed by atoms with E-state index in [1.165, 1.54) is 0 Å². The van der Waals surface area contributed by atoms with Gasteiger partial charge in [0.1, 0.15) is 11.6 Å². The van der Waals surface area contributed by atoms with Crippen molar-refractivity contribution in [1.29, 1.82) is 0 Å². The first-order chi connectivity index (χ1) is 10.1. The van der Waals surface area contributed by atoms with Crippen molar-refractivity contribution in [1.82, 2.24) is 24.4 Å². The van der Waals surface area contributed by atoms with Crippen LogP contribution in [0.25, 0.3) is 0 Å². The molecule has 0 aromatic carbocycles. The summed E-state index contributed by atoms with van der Waals surface area (Å²) in [6.45, 7) is 4.76. The number of piperidine rings is 1. The quantitative estimate of drug-likeness (QED) is 0.921. The first-order valence-electron chi connectivity index (χ1n) is 7.38. The van der Waals surface area contributed by atoms with E-state index in [4.69, 9.17) is 0 Å². The average Bonchev–Trinajstić information content (AvgIpc) is 2.84. The van der Waals surface area contributed by atoms with Crippen LogP contribution in [0.1, 0.15) is 36.1 Å². The van der Waals surface area contributed by atoms with Crippen molar-refractivity contribution in [2.24, 2.45) is 7.05 Å². The van der Waals surface area contributed by atoms with E-state index in [9.17, 15) is 4.79 Å². The van der Waals surface area contributed by atoms with Crippen molar-refractivity contribution in [3.8, 4) is 0 Å². The van der Waals surface area contributed by atoms with Crippen LogP contribution < -0.4 is 5.56 Å². The topological polar surface area (TPSA) is 66.8 Å². The molecule has 3 heterocycles. The number of hydrogen-bond acceptors (Lipinski definition) is 4. The van der Waals surface area contributed by atoms with Gasteiger partial charge in [-0.05, 0) is 32.9 Å². The third kappa shape index (κ3) is 3.21. The number of aryl methyl sites for hydroxylation is 2. The summed E-state index contributed by atoms with van der Waals surface area (Å²) in [5, 5.41) is 0. The minimum absolute atomic E-state index is 0.0482. The molecule has 6 heteroatoms. The Bertz CT molecular complexity index is 667. The van der Waals surface area contributed by atoms with E-state index < -0.39 is 0 Å². The molecule has 6 nitrogen and oxygen atoms in total. The van der Waals surface area contributed by atoms with Crippen molar-refractivity contribution >= 4 is 0 Å². The van der Waals surface area contributed by atoms with Crippen molar-refractivity contribution in [3.05, 3.63) is 46.2 Å². The summed E-state index contributed by atoms with van der Waals surface area (Å²) in [7, 11) is 2.03. The van der Waals surface area contributed by atoms with Gasteiger partial charge in [0.05, 0.1) is 12.2 Å². The Hall–Kier alpha value is -1.95. The molecule has 112 valence electrons. The van der Waals surface area contributed by atoms with Gasteiger partial charge in [0.25, 0.3) is 5.56 Å². The molecule has 0 bridgehead atoms. The molecule has 3 rings (SSSR count). The van der Waals surface area contributed by atoms with Crippen LogP contribution in [0.4, 0.5) is 0 Å². The van der Waals surface area contributed by atoms with Gasteiger partial charge in [-0.15, -0.1) is 0 Å². The van der Waals surface area contributed by atoms with Crippen LogP contribution in [-0.2, 0) is 13.6 Å². The molecule has 21 heavy (non-hydrogen) atoms. The highest BCUT2D eigenvalue weighted by molar-refractivity contribution is 5.09. The predicted molar refractivity (Wildman–Crippen MR) is 80.1 cm³/mol. The number of likely N-dealkylation sites (tertiary alicyclic amines) is 1. The first kappa shape index (κ1) is 14.0. The minimum Gasteiger partial charge on any atom is -0.337 e.